The van der Waals surface area contributed by atoms with Gasteiger partial charge in [-0.15, -0.1) is 0 Å². The Balaban J connectivity index is 1.45. The molecule has 1 fully saturated rings. The first-order valence-corrected chi connectivity index (χ1v) is 8.51. The SMILES string of the molecule is CO[C@@H]1C[C@H](CNC(=O)c2ccc3nc[nH]c3c2)N(c2ccncn2)C1. The minimum Gasteiger partial charge on any atom is -0.380 e. The predicted octanol–water partition coefficient (Wildman–Crippen LogP) is 1.38. The molecule has 26 heavy (non-hydrogen) atoms. The molecule has 0 aliphatic carbocycles. The van der Waals surface area contributed by atoms with Crippen LogP contribution in [0.2, 0.25) is 0 Å². The van der Waals surface area contributed by atoms with Crippen molar-refractivity contribution in [1.82, 2.24) is 25.3 Å². The molecule has 0 spiro atoms. The summed E-state index contributed by atoms with van der Waals surface area (Å²) in [7, 11) is 1.71. The van der Waals surface area contributed by atoms with Gasteiger partial charge in [0.2, 0.25) is 0 Å². The number of rotatable bonds is 5. The number of carbonyl (C=O) groups excluding carboxylic acids is 1. The summed E-state index contributed by atoms with van der Waals surface area (Å²) in [5.74, 6) is 0.739. The lowest BCUT2D eigenvalue weighted by molar-refractivity contribution is 0.0946. The average molecular weight is 352 g/mol. The van der Waals surface area contributed by atoms with Crippen molar-refractivity contribution in [3.63, 3.8) is 0 Å². The first-order chi connectivity index (χ1) is 12.7. The maximum absolute atomic E-state index is 12.5. The average Bonchev–Trinajstić information content (AvgIpc) is 3.32. The molecular formula is C18H20N6O2. The van der Waals surface area contributed by atoms with Crippen molar-refractivity contribution in [2.45, 2.75) is 18.6 Å². The van der Waals surface area contributed by atoms with E-state index in [1.54, 1.807) is 25.7 Å². The molecule has 0 saturated carbocycles. The molecule has 2 N–H and O–H groups in total. The Labute approximate surface area is 150 Å². The molecule has 2 atom stereocenters. The highest BCUT2D eigenvalue weighted by molar-refractivity contribution is 5.97. The van der Waals surface area contributed by atoms with Gasteiger partial charge in [-0.25, -0.2) is 15.0 Å². The Morgan fingerprint density at radius 1 is 1.38 bits per heavy atom. The predicted molar refractivity (Wildman–Crippen MR) is 97.0 cm³/mol. The van der Waals surface area contributed by atoms with Crippen molar-refractivity contribution < 1.29 is 9.53 Å². The summed E-state index contributed by atoms with van der Waals surface area (Å²) in [5, 5.41) is 3.03. The zero-order valence-corrected chi connectivity index (χ0v) is 14.4. The second kappa shape index (κ2) is 7.09. The van der Waals surface area contributed by atoms with Crippen molar-refractivity contribution in [2.75, 3.05) is 25.1 Å². The van der Waals surface area contributed by atoms with Crippen LogP contribution in [0, 0.1) is 0 Å². The van der Waals surface area contributed by atoms with Crippen LogP contribution < -0.4 is 10.2 Å². The van der Waals surface area contributed by atoms with Crippen LogP contribution in [0.5, 0.6) is 0 Å². The lowest BCUT2D eigenvalue weighted by Gasteiger charge is -2.25. The summed E-state index contributed by atoms with van der Waals surface area (Å²) in [6.45, 7) is 1.26. The van der Waals surface area contributed by atoms with Gasteiger partial charge in [-0.3, -0.25) is 4.79 Å². The third kappa shape index (κ3) is 3.23. The quantitative estimate of drug-likeness (QED) is 0.720. The number of hydrogen-bond donors (Lipinski definition) is 2. The third-order valence-corrected chi connectivity index (χ3v) is 4.75. The number of anilines is 1. The van der Waals surface area contributed by atoms with Crippen LogP contribution in [0.1, 0.15) is 16.8 Å². The lowest BCUT2D eigenvalue weighted by atomic mass is 10.1. The standard InChI is InChI=1S/C18H20N6O2/c1-26-14-7-13(24(9-14)17-4-5-19-10-23-17)8-20-18(25)12-2-3-15-16(6-12)22-11-21-15/h2-6,10-11,13-14H,7-9H2,1H3,(H,20,25)(H,21,22)/t13-,14-/m1/s1. The molecule has 1 aromatic carbocycles. The number of H-pyrrole nitrogens is 1. The van der Waals surface area contributed by atoms with E-state index >= 15 is 0 Å². The van der Waals surface area contributed by atoms with E-state index in [4.69, 9.17) is 4.74 Å². The summed E-state index contributed by atoms with van der Waals surface area (Å²) in [5.41, 5.74) is 2.30. The first kappa shape index (κ1) is 16.5. The summed E-state index contributed by atoms with van der Waals surface area (Å²) in [6, 6.07) is 7.43. The van der Waals surface area contributed by atoms with E-state index in [0.717, 1.165) is 29.8 Å². The van der Waals surface area contributed by atoms with Gasteiger partial charge in [-0.05, 0) is 30.7 Å². The molecule has 3 heterocycles. The van der Waals surface area contributed by atoms with Gasteiger partial charge in [0.15, 0.2) is 0 Å². The molecule has 1 amide bonds. The number of nitrogens with one attached hydrogen (secondary N) is 2. The van der Waals surface area contributed by atoms with Crippen LogP contribution in [0.25, 0.3) is 11.0 Å². The summed E-state index contributed by atoms with van der Waals surface area (Å²) < 4.78 is 5.52. The number of aromatic amines is 1. The number of nitrogens with zero attached hydrogens (tertiary/aromatic N) is 4. The number of imidazole rings is 1. The van der Waals surface area contributed by atoms with Crippen LogP contribution in [0.15, 0.2) is 43.1 Å². The zero-order chi connectivity index (χ0) is 17.9. The van der Waals surface area contributed by atoms with Gasteiger partial charge in [-0.1, -0.05) is 0 Å². The minimum atomic E-state index is -0.106. The van der Waals surface area contributed by atoms with E-state index in [9.17, 15) is 4.79 Å². The zero-order valence-electron chi connectivity index (χ0n) is 14.4. The molecule has 134 valence electrons. The van der Waals surface area contributed by atoms with E-state index in [0.29, 0.717) is 12.1 Å². The van der Waals surface area contributed by atoms with Gasteiger partial charge in [0.1, 0.15) is 12.1 Å². The molecule has 1 aliphatic rings. The molecule has 0 radical (unpaired) electrons. The van der Waals surface area contributed by atoms with Crippen LogP contribution in [-0.2, 0) is 4.74 Å². The second-order valence-electron chi connectivity index (χ2n) is 6.31. The molecule has 1 saturated heterocycles. The second-order valence-corrected chi connectivity index (χ2v) is 6.31. The molecule has 0 bridgehead atoms. The van der Waals surface area contributed by atoms with Gasteiger partial charge in [-0.2, -0.15) is 0 Å². The fraction of sp³-hybridized carbons (Fsp3) is 0.333. The van der Waals surface area contributed by atoms with Crippen molar-refractivity contribution in [3.8, 4) is 0 Å². The summed E-state index contributed by atoms with van der Waals surface area (Å²) in [4.78, 5) is 30.2. The van der Waals surface area contributed by atoms with Crippen molar-refractivity contribution in [1.29, 1.82) is 0 Å². The fourth-order valence-electron chi connectivity index (χ4n) is 3.36. The smallest absolute Gasteiger partial charge is 0.251 e. The Kier molecular flexibility index (Phi) is 4.49. The van der Waals surface area contributed by atoms with Crippen LogP contribution in [0.4, 0.5) is 5.82 Å². The molecular weight excluding hydrogens is 332 g/mol. The number of carbonyl (C=O) groups is 1. The van der Waals surface area contributed by atoms with Gasteiger partial charge < -0.3 is 19.9 Å². The summed E-state index contributed by atoms with van der Waals surface area (Å²) >= 11 is 0. The number of fused-ring (bicyclic) bond motifs is 1. The van der Waals surface area contributed by atoms with E-state index in [2.05, 4.69) is 30.2 Å². The van der Waals surface area contributed by atoms with Crippen LogP contribution in [0.3, 0.4) is 0 Å². The number of aromatic nitrogens is 4. The Morgan fingerprint density at radius 3 is 3.12 bits per heavy atom. The van der Waals surface area contributed by atoms with Gasteiger partial charge in [0.25, 0.3) is 5.91 Å². The number of amides is 1. The lowest BCUT2D eigenvalue weighted by Crippen LogP contribution is -2.40. The molecule has 3 aromatic rings. The van der Waals surface area contributed by atoms with E-state index in [-0.39, 0.29) is 18.1 Å². The minimum absolute atomic E-state index is 0.106. The first-order valence-electron chi connectivity index (χ1n) is 8.51. The number of ether oxygens (including phenoxy) is 1. The Morgan fingerprint density at radius 2 is 2.31 bits per heavy atom. The van der Waals surface area contributed by atoms with Crippen molar-refractivity contribution in [2.24, 2.45) is 0 Å². The molecule has 8 nitrogen and oxygen atoms in total. The molecule has 8 heteroatoms. The highest BCUT2D eigenvalue weighted by Crippen LogP contribution is 2.24. The number of hydrogen-bond acceptors (Lipinski definition) is 6. The van der Waals surface area contributed by atoms with Gasteiger partial charge in [0, 0.05) is 32.0 Å². The Hall–Kier alpha value is -3.00. The molecule has 0 unspecified atom stereocenters. The Bertz CT molecular complexity index is 897. The molecule has 4 rings (SSSR count). The molecule has 1 aliphatic heterocycles. The maximum Gasteiger partial charge on any atom is 0.251 e. The largest absolute Gasteiger partial charge is 0.380 e. The van der Waals surface area contributed by atoms with Gasteiger partial charge >= 0.3 is 0 Å². The summed E-state index contributed by atoms with van der Waals surface area (Å²) in [6.07, 6.45) is 5.83. The van der Waals surface area contributed by atoms with Crippen LogP contribution >= 0.6 is 0 Å². The maximum atomic E-state index is 12.5. The van der Waals surface area contributed by atoms with E-state index < -0.39 is 0 Å². The highest BCUT2D eigenvalue weighted by atomic mass is 16.5. The monoisotopic (exact) mass is 352 g/mol. The van der Waals surface area contributed by atoms with E-state index in [1.165, 1.54) is 6.33 Å². The highest BCUT2D eigenvalue weighted by Gasteiger charge is 2.33. The normalized spacial score (nSPS) is 19.8. The third-order valence-electron chi connectivity index (χ3n) is 4.75. The van der Waals surface area contributed by atoms with Crippen LogP contribution in [-0.4, -0.2) is 58.2 Å². The number of methoxy groups -OCH3 is 1. The number of benzene rings is 1. The topological polar surface area (TPSA) is 96.0 Å². The van der Waals surface area contributed by atoms with Crippen molar-refractivity contribution in [3.05, 3.63) is 48.7 Å². The fourth-order valence-corrected chi connectivity index (χ4v) is 3.36. The van der Waals surface area contributed by atoms with E-state index in [1.807, 2.05) is 18.2 Å². The van der Waals surface area contributed by atoms with Gasteiger partial charge in [0.05, 0.1) is 29.5 Å². The molecule has 2 aromatic heterocycles. The van der Waals surface area contributed by atoms with Crippen molar-refractivity contribution >= 4 is 22.8 Å².